The fraction of sp³-hybridized carbons (Fsp3) is 0.421. The number of ether oxygens (including phenoxy) is 1. The van der Waals surface area contributed by atoms with E-state index < -0.39 is 0 Å². The molecule has 2 atom stereocenters. The van der Waals surface area contributed by atoms with Crippen LogP contribution in [0.1, 0.15) is 42.7 Å². The Labute approximate surface area is 148 Å². The average molecular weight is 343 g/mol. The van der Waals surface area contributed by atoms with Crippen molar-refractivity contribution >= 4 is 17.3 Å². The Balaban J connectivity index is 1.69. The highest BCUT2D eigenvalue weighted by molar-refractivity contribution is 7.10. The molecule has 0 amide bonds. The molecular weight excluding hydrogens is 318 g/mol. The summed E-state index contributed by atoms with van der Waals surface area (Å²) in [6.07, 6.45) is 0.946. The summed E-state index contributed by atoms with van der Waals surface area (Å²) in [7, 11) is 0. The number of rotatable bonds is 5. The van der Waals surface area contributed by atoms with Crippen LogP contribution in [0.2, 0.25) is 0 Å². The van der Waals surface area contributed by atoms with Crippen molar-refractivity contribution in [1.29, 1.82) is 0 Å². The van der Waals surface area contributed by atoms with Gasteiger partial charge < -0.3 is 15.4 Å². The second-order valence-corrected chi connectivity index (χ2v) is 6.99. The van der Waals surface area contributed by atoms with Gasteiger partial charge in [-0.15, -0.1) is 11.3 Å². The number of guanidine groups is 1. The fourth-order valence-electron chi connectivity index (χ4n) is 2.87. The van der Waals surface area contributed by atoms with Gasteiger partial charge in [-0.2, -0.15) is 0 Å². The standard InChI is InChI=1S/C19H25N3OS/c1-3-20-19(21-13-14(2)18-9-6-12-24-18)22-16-10-11-23-17-8-5-4-7-15(16)17/h4-9,12,14,16H,3,10-11,13H2,1-2H3,(H2,20,21,22). The zero-order valence-electron chi connectivity index (χ0n) is 14.3. The lowest BCUT2D eigenvalue weighted by Gasteiger charge is -2.28. The maximum Gasteiger partial charge on any atom is 0.191 e. The first kappa shape index (κ1) is 16.8. The van der Waals surface area contributed by atoms with Crippen LogP contribution in [0.25, 0.3) is 0 Å². The Morgan fingerprint density at radius 3 is 3.00 bits per heavy atom. The first-order chi connectivity index (χ1) is 11.8. The van der Waals surface area contributed by atoms with Crippen molar-refractivity contribution in [2.45, 2.75) is 32.2 Å². The Morgan fingerprint density at radius 1 is 1.33 bits per heavy atom. The van der Waals surface area contributed by atoms with Crippen LogP contribution in [0.15, 0.2) is 46.8 Å². The molecule has 1 aliphatic rings. The van der Waals surface area contributed by atoms with Crippen molar-refractivity contribution in [1.82, 2.24) is 10.6 Å². The van der Waals surface area contributed by atoms with Gasteiger partial charge in [0.25, 0.3) is 0 Å². The van der Waals surface area contributed by atoms with Crippen LogP contribution in [0.3, 0.4) is 0 Å². The van der Waals surface area contributed by atoms with Crippen molar-refractivity contribution in [2.75, 3.05) is 19.7 Å². The number of para-hydroxylation sites is 1. The molecule has 1 aliphatic heterocycles. The molecule has 0 saturated heterocycles. The first-order valence-electron chi connectivity index (χ1n) is 8.58. The molecule has 0 bridgehead atoms. The summed E-state index contributed by atoms with van der Waals surface area (Å²) in [5, 5.41) is 9.06. The summed E-state index contributed by atoms with van der Waals surface area (Å²) in [6, 6.07) is 12.8. The number of hydrogen-bond donors (Lipinski definition) is 2. The minimum absolute atomic E-state index is 0.241. The van der Waals surface area contributed by atoms with Crippen molar-refractivity contribution in [3.63, 3.8) is 0 Å². The molecule has 2 heterocycles. The molecule has 24 heavy (non-hydrogen) atoms. The summed E-state index contributed by atoms with van der Waals surface area (Å²) in [4.78, 5) is 6.18. The molecule has 128 valence electrons. The smallest absolute Gasteiger partial charge is 0.191 e. The molecule has 5 heteroatoms. The third kappa shape index (κ3) is 4.09. The second kappa shape index (κ2) is 8.20. The third-order valence-corrected chi connectivity index (χ3v) is 5.27. The third-order valence-electron chi connectivity index (χ3n) is 4.17. The van der Waals surface area contributed by atoms with Crippen LogP contribution in [0, 0.1) is 0 Å². The van der Waals surface area contributed by atoms with E-state index in [1.807, 2.05) is 12.1 Å². The van der Waals surface area contributed by atoms with E-state index in [9.17, 15) is 0 Å². The van der Waals surface area contributed by atoms with Gasteiger partial charge >= 0.3 is 0 Å². The number of benzene rings is 1. The van der Waals surface area contributed by atoms with E-state index in [2.05, 4.69) is 54.1 Å². The second-order valence-electron chi connectivity index (χ2n) is 6.01. The summed E-state index contributed by atoms with van der Waals surface area (Å²) < 4.78 is 5.74. The lowest BCUT2D eigenvalue weighted by atomic mass is 10.0. The number of hydrogen-bond acceptors (Lipinski definition) is 3. The number of aliphatic imine (C=N–C) groups is 1. The number of nitrogens with zero attached hydrogens (tertiary/aromatic N) is 1. The largest absolute Gasteiger partial charge is 0.493 e. The van der Waals surface area contributed by atoms with Crippen molar-refractivity contribution in [2.24, 2.45) is 4.99 Å². The minimum Gasteiger partial charge on any atom is -0.493 e. The van der Waals surface area contributed by atoms with E-state index in [4.69, 9.17) is 9.73 Å². The zero-order chi connectivity index (χ0) is 16.8. The van der Waals surface area contributed by atoms with E-state index in [0.717, 1.165) is 37.8 Å². The van der Waals surface area contributed by atoms with E-state index in [0.29, 0.717) is 5.92 Å². The van der Waals surface area contributed by atoms with Gasteiger partial charge in [-0.1, -0.05) is 31.2 Å². The quantitative estimate of drug-likeness (QED) is 0.639. The Kier molecular flexibility index (Phi) is 5.75. The lowest BCUT2D eigenvalue weighted by Crippen LogP contribution is -2.41. The van der Waals surface area contributed by atoms with Gasteiger partial charge in [-0.05, 0) is 24.4 Å². The zero-order valence-corrected chi connectivity index (χ0v) is 15.1. The van der Waals surface area contributed by atoms with Crippen LogP contribution < -0.4 is 15.4 Å². The Hall–Kier alpha value is -2.01. The molecule has 0 saturated carbocycles. The van der Waals surface area contributed by atoms with Gasteiger partial charge in [-0.25, -0.2) is 0 Å². The summed E-state index contributed by atoms with van der Waals surface area (Å²) in [5.41, 5.74) is 1.21. The van der Waals surface area contributed by atoms with E-state index in [1.165, 1.54) is 10.4 Å². The number of nitrogens with one attached hydrogen (secondary N) is 2. The van der Waals surface area contributed by atoms with Gasteiger partial charge in [0.05, 0.1) is 19.2 Å². The number of fused-ring (bicyclic) bond motifs is 1. The van der Waals surface area contributed by atoms with E-state index in [1.54, 1.807) is 11.3 Å². The van der Waals surface area contributed by atoms with Crippen molar-refractivity contribution in [3.05, 3.63) is 52.2 Å². The minimum atomic E-state index is 0.241. The number of thiophene rings is 1. The monoisotopic (exact) mass is 343 g/mol. The van der Waals surface area contributed by atoms with Crippen LogP contribution in [-0.4, -0.2) is 25.7 Å². The SMILES string of the molecule is CCNC(=NCC(C)c1cccs1)NC1CCOc2ccccc21. The van der Waals surface area contributed by atoms with Gasteiger partial charge in [-0.3, -0.25) is 4.99 Å². The van der Waals surface area contributed by atoms with E-state index >= 15 is 0 Å². The fourth-order valence-corrected chi connectivity index (χ4v) is 3.65. The Morgan fingerprint density at radius 2 is 2.21 bits per heavy atom. The molecule has 0 spiro atoms. The molecule has 4 nitrogen and oxygen atoms in total. The van der Waals surface area contributed by atoms with Gasteiger partial charge in [0.2, 0.25) is 0 Å². The molecule has 0 radical (unpaired) electrons. The molecule has 0 aliphatic carbocycles. The maximum absolute atomic E-state index is 5.74. The van der Waals surface area contributed by atoms with Crippen LogP contribution in [0.4, 0.5) is 0 Å². The topological polar surface area (TPSA) is 45.7 Å². The highest BCUT2D eigenvalue weighted by atomic mass is 32.1. The summed E-state index contributed by atoms with van der Waals surface area (Å²) in [5.74, 6) is 2.29. The van der Waals surface area contributed by atoms with Crippen molar-refractivity contribution in [3.8, 4) is 5.75 Å². The van der Waals surface area contributed by atoms with Gasteiger partial charge in [0, 0.05) is 29.3 Å². The molecule has 1 aromatic carbocycles. The highest BCUT2D eigenvalue weighted by Gasteiger charge is 2.21. The Bertz CT molecular complexity index is 669. The van der Waals surface area contributed by atoms with Crippen molar-refractivity contribution < 1.29 is 4.74 Å². The normalized spacial score (nSPS) is 18.4. The molecule has 2 unspecified atom stereocenters. The van der Waals surface area contributed by atoms with Gasteiger partial charge in [0.1, 0.15) is 5.75 Å². The van der Waals surface area contributed by atoms with Crippen LogP contribution in [0.5, 0.6) is 5.75 Å². The molecule has 2 N–H and O–H groups in total. The molecule has 2 aromatic rings. The van der Waals surface area contributed by atoms with E-state index in [-0.39, 0.29) is 6.04 Å². The predicted octanol–water partition coefficient (Wildman–Crippen LogP) is 3.93. The first-order valence-corrected chi connectivity index (χ1v) is 9.46. The van der Waals surface area contributed by atoms with Crippen LogP contribution >= 0.6 is 11.3 Å². The highest BCUT2D eigenvalue weighted by Crippen LogP contribution is 2.31. The predicted molar refractivity (Wildman–Crippen MR) is 101 cm³/mol. The lowest BCUT2D eigenvalue weighted by molar-refractivity contribution is 0.261. The average Bonchev–Trinajstić information content (AvgIpc) is 3.15. The molecule has 1 aromatic heterocycles. The summed E-state index contributed by atoms with van der Waals surface area (Å²) >= 11 is 1.80. The maximum atomic E-state index is 5.74. The van der Waals surface area contributed by atoms with Gasteiger partial charge in [0.15, 0.2) is 5.96 Å². The molecular formula is C19H25N3OS. The van der Waals surface area contributed by atoms with Crippen LogP contribution in [-0.2, 0) is 0 Å². The molecule has 0 fully saturated rings. The summed E-state index contributed by atoms with van der Waals surface area (Å²) in [6.45, 7) is 6.69. The molecule has 3 rings (SSSR count).